The molecule has 0 saturated carbocycles. The predicted octanol–water partition coefficient (Wildman–Crippen LogP) is 4.25. The summed E-state index contributed by atoms with van der Waals surface area (Å²) in [6.45, 7) is 6.75. The SMILES string of the molecule is CC(C)(C)OC(=O)N1CCC[C@@H]1CCNC(=O)c1ccc(COc2ccccc2C#N)o1. The van der Waals surface area contributed by atoms with Gasteiger partial charge in [-0.1, -0.05) is 12.1 Å². The number of nitrogens with zero attached hydrogens (tertiary/aromatic N) is 2. The second-order valence-electron chi connectivity index (χ2n) is 8.68. The largest absolute Gasteiger partial charge is 0.484 e. The highest BCUT2D eigenvalue weighted by Crippen LogP contribution is 2.23. The topological polar surface area (TPSA) is 105 Å². The summed E-state index contributed by atoms with van der Waals surface area (Å²) in [5.41, 5.74) is -0.0973. The van der Waals surface area contributed by atoms with E-state index >= 15 is 0 Å². The first-order valence-electron chi connectivity index (χ1n) is 10.8. The predicted molar refractivity (Wildman–Crippen MR) is 117 cm³/mol. The Morgan fingerprint density at radius 3 is 2.78 bits per heavy atom. The van der Waals surface area contributed by atoms with Gasteiger partial charge in [0.15, 0.2) is 5.76 Å². The van der Waals surface area contributed by atoms with Gasteiger partial charge in [0, 0.05) is 19.1 Å². The Bertz CT molecular complexity index is 986. The van der Waals surface area contributed by atoms with E-state index < -0.39 is 5.60 Å². The van der Waals surface area contributed by atoms with Gasteiger partial charge in [-0.15, -0.1) is 0 Å². The molecule has 8 heteroatoms. The Hall–Kier alpha value is -3.47. The first-order chi connectivity index (χ1) is 15.3. The molecule has 1 atom stereocenters. The Morgan fingerprint density at radius 1 is 1.25 bits per heavy atom. The molecule has 0 aliphatic carbocycles. The van der Waals surface area contributed by atoms with E-state index in [4.69, 9.17) is 19.2 Å². The number of para-hydroxylation sites is 1. The summed E-state index contributed by atoms with van der Waals surface area (Å²) in [4.78, 5) is 26.5. The van der Waals surface area contributed by atoms with E-state index in [2.05, 4.69) is 11.4 Å². The maximum Gasteiger partial charge on any atom is 0.410 e. The lowest BCUT2D eigenvalue weighted by atomic mass is 10.1. The molecule has 2 aromatic rings. The summed E-state index contributed by atoms with van der Waals surface area (Å²) in [6.07, 6.45) is 2.16. The van der Waals surface area contributed by atoms with Gasteiger partial charge < -0.3 is 24.1 Å². The van der Waals surface area contributed by atoms with E-state index in [-0.39, 0.29) is 30.4 Å². The average molecular weight is 440 g/mol. The number of likely N-dealkylation sites (tertiary alicyclic amines) is 1. The zero-order valence-electron chi connectivity index (χ0n) is 18.7. The summed E-state index contributed by atoms with van der Waals surface area (Å²) >= 11 is 0. The number of furan rings is 1. The molecule has 0 unspecified atom stereocenters. The summed E-state index contributed by atoms with van der Waals surface area (Å²) in [7, 11) is 0. The first-order valence-corrected chi connectivity index (χ1v) is 10.8. The number of hydrogen-bond donors (Lipinski definition) is 1. The van der Waals surface area contributed by atoms with E-state index in [1.165, 1.54) is 0 Å². The van der Waals surface area contributed by atoms with Crippen LogP contribution in [0, 0.1) is 11.3 Å². The highest BCUT2D eigenvalue weighted by atomic mass is 16.6. The van der Waals surface area contributed by atoms with E-state index in [0.717, 1.165) is 12.8 Å². The summed E-state index contributed by atoms with van der Waals surface area (Å²) in [6, 6.07) is 12.3. The number of carbonyl (C=O) groups is 2. The molecule has 1 aliphatic heterocycles. The van der Waals surface area contributed by atoms with Crippen molar-refractivity contribution >= 4 is 12.0 Å². The third-order valence-corrected chi connectivity index (χ3v) is 5.03. The number of ether oxygens (including phenoxy) is 2. The lowest BCUT2D eigenvalue weighted by Crippen LogP contribution is -2.41. The van der Waals surface area contributed by atoms with Crippen LogP contribution in [0.4, 0.5) is 4.79 Å². The minimum absolute atomic E-state index is 0.0471. The van der Waals surface area contributed by atoms with Crippen molar-refractivity contribution in [1.82, 2.24) is 10.2 Å². The fourth-order valence-electron chi connectivity index (χ4n) is 3.55. The molecule has 0 spiro atoms. The van der Waals surface area contributed by atoms with Crippen LogP contribution >= 0.6 is 0 Å². The van der Waals surface area contributed by atoms with Crippen molar-refractivity contribution < 1.29 is 23.5 Å². The number of nitriles is 1. The lowest BCUT2D eigenvalue weighted by Gasteiger charge is -2.28. The van der Waals surface area contributed by atoms with Gasteiger partial charge in [-0.25, -0.2) is 4.79 Å². The quantitative estimate of drug-likeness (QED) is 0.691. The van der Waals surface area contributed by atoms with Crippen LogP contribution in [0.3, 0.4) is 0 Å². The standard InChI is InChI=1S/C24H29N3O5/c1-24(2,3)32-23(29)27-14-6-8-18(27)12-13-26-22(28)21-11-10-19(31-21)16-30-20-9-5-4-7-17(20)15-25/h4-5,7,9-11,18H,6,8,12-14,16H2,1-3H3,(H,26,28)/t18-/m1/s1. The number of hydrogen-bond acceptors (Lipinski definition) is 6. The second-order valence-corrected chi connectivity index (χ2v) is 8.68. The van der Waals surface area contributed by atoms with Gasteiger partial charge in [-0.3, -0.25) is 4.79 Å². The lowest BCUT2D eigenvalue weighted by molar-refractivity contribution is 0.0221. The van der Waals surface area contributed by atoms with Crippen LogP contribution in [-0.4, -0.2) is 41.6 Å². The van der Waals surface area contributed by atoms with Crippen LogP contribution in [-0.2, 0) is 11.3 Å². The minimum Gasteiger partial charge on any atom is -0.484 e. The number of amides is 2. The van der Waals surface area contributed by atoms with Gasteiger partial charge in [0.2, 0.25) is 0 Å². The molecule has 8 nitrogen and oxygen atoms in total. The smallest absolute Gasteiger partial charge is 0.410 e. The van der Waals surface area contributed by atoms with Crippen molar-refractivity contribution in [2.24, 2.45) is 0 Å². The van der Waals surface area contributed by atoms with Gasteiger partial charge in [0.25, 0.3) is 5.91 Å². The Kier molecular flexibility index (Phi) is 7.41. The van der Waals surface area contributed by atoms with Gasteiger partial charge in [-0.2, -0.15) is 5.26 Å². The van der Waals surface area contributed by atoms with Crippen molar-refractivity contribution in [1.29, 1.82) is 5.26 Å². The molecule has 1 saturated heterocycles. The van der Waals surface area contributed by atoms with Crippen LogP contribution in [0.1, 0.15) is 61.9 Å². The van der Waals surface area contributed by atoms with Crippen LogP contribution in [0.25, 0.3) is 0 Å². The van der Waals surface area contributed by atoms with Crippen molar-refractivity contribution in [3.8, 4) is 11.8 Å². The van der Waals surface area contributed by atoms with Gasteiger partial charge in [-0.05, 0) is 64.3 Å². The van der Waals surface area contributed by atoms with Gasteiger partial charge in [0.1, 0.15) is 29.8 Å². The normalized spacial score (nSPS) is 15.8. The van der Waals surface area contributed by atoms with Crippen molar-refractivity contribution in [3.63, 3.8) is 0 Å². The van der Waals surface area contributed by atoms with Crippen LogP contribution in [0.5, 0.6) is 5.75 Å². The monoisotopic (exact) mass is 439 g/mol. The molecular formula is C24H29N3O5. The third-order valence-electron chi connectivity index (χ3n) is 5.03. The van der Waals surface area contributed by atoms with E-state index in [9.17, 15) is 9.59 Å². The van der Waals surface area contributed by atoms with E-state index in [0.29, 0.717) is 36.6 Å². The molecule has 1 N–H and O–H groups in total. The molecule has 1 aromatic heterocycles. The molecule has 1 aromatic carbocycles. The molecule has 1 aliphatic rings. The number of benzene rings is 1. The molecule has 0 bridgehead atoms. The highest BCUT2D eigenvalue weighted by molar-refractivity contribution is 5.91. The maximum atomic E-state index is 12.4. The molecule has 2 amide bonds. The Morgan fingerprint density at radius 2 is 2.03 bits per heavy atom. The highest BCUT2D eigenvalue weighted by Gasteiger charge is 2.31. The first kappa shape index (κ1) is 23.2. The fraction of sp³-hybridized carbons (Fsp3) is 0.458. The van der Waals surface area contributed by atoms with Crippen LogP contribution < -0.4 is 10.1 Å². The molecule has 1 fully saturated rings. The third kappa shape index (κ3) is 6.27. The second kappa shape index (κ2) is 10.2. The summed E-state index contributed by atoms with van der Waals surface area (Å²) < 4.78 is 16.7. The van der Waals surface area contributed by atoms with Crippen molar-refractivity contribution in [3.05, 3.63) is 53.5 Å². The number of carbonyl (C=O) groups excluding carboxylic acids is 2. The summed E-state index contributed by atoms with van der Waals surface area (Å²) in [5, 5.41) is 12.0. The Labute approximate surface area is 188 Å². The van der Waals surface area contributed by atoms with E-state index in [1.54, 1.807) is 41.3 Å². The van der Waals surface area contributed by atoms with Crippen molar-refractivity contribution in [2.75, 3.05) is 13.1 Å². The van der Waals surface area contributed by atoms with E-state index in [1.807, 2.05) is 20.8 Å². The zero-order chi connectivity index (χ0) is 23.1. The molecule has 3 rings (SSSR count). The number of rotatable bonds is 7. The van der Waals surface area contributed by atoms with Gasteiger partial charge in [0.05, 0.1) is 5.56 Å². The molecule has 170 valence electrons. The van der Waals surface area contributed by atoms with Crippen molar-refractivity contribution in [2.45, 2.75) is 58.3 Å². The molecule has 0 radical (unpaired) electrons. The molecule has 32 heavy (non-hydrogen) atoms. The zero-order valence-corrected chi connectivity index (χ0v) is 18.7. The number of nitrogens with one attached hydrogen (secondary N) is 1. The maximum absolute atomic E-state index is 12.4. The molecule has 2 heterocycles. The van der Waals surface area contributed by atoms with Crippen LogP contribution in [0.15, 0.2) is 40.8 Å². The summed E-state index contributed by atoms with van der Waals surface area (Å²) in [5.74, 6) is 0.807. The van der Waals surface area contributed by atoms with Crippen LogP contribution in [0.2, 0.25) is 0 Å². The fourth-order valence-corrected chi connectivity index (χ4v) is 3.55. The Balaban J connectivity index is 1.46. The average Bonchev–Trinajstić information content (AvgIpc) is 3.41. The molecular weight excluding hydrogens is 410 g/mol. The van der Waals surface area contributed by atoms with Gasteiger partial charge >= 0.3 is 6.09 Å². The minimum atomic E-state index is -0.532.